The van der Waals surface area contributed by atoms with Gasteiger partial charge in [0, 0.05) is 18.0 Å². The molecule has 0 aliphatic rings. The Bertz CT molecular complexity index is 595. The lowest BCUT2D eigenvalue weighted by Gasteiger charge is -2.04. The van der Waals surface area contributed by atoms with Crippen molar-refractivity contribution in [3.63, 3.8) is 0 Å². The molecule has 0 atom stereocenters. The molecule has 0 bridgehead atoms. The largest absolute Gasteiger partial charge is 0.435 e. The predicted octanol–water partition coefficient (Wildman–Crippen LogP) is 3.58. The highest BCUT2D eigenvalue weighted by Gasteiger charge is 2.06. The molecule has 1 aromatic heterocycles. The van der Waals surface area contributed by atoms with Gasteiger partial charge in [0.05, 0.1) is 0 Å². The second-order valence-corrected chi connectivity index (χ2v) is 3.88. The van der Waals surface area contributed by atoms with E-state index in [0.717, 1.165) is 5.56 Å². The average Bonchev–Trinajstić information content (AvgIpc) is 2.46. The van der Waals surface area contributed by atoms with Crippen molar-refractivity contribution in [1.82, 2.24) is 4.98 Å². The Morgan fingerprint density at radius 2 is 1.75 bits per heavy atom. The highest BCUT2D eigenvalue weighted by atomic mass is 19.3. The van der Waals surface area contributed by atoms with Crippen LogP contribution in [0.15, 0.2) is 54.9 Å². The second-order valence-electron chi connectivity index (χ2n) is 3.88. The van der Waals surface area contributed by atoms with Gasteiger partial charge in [0.15, 0.2) is 5.78 Å². The van der Waals surface area contributed by atoms with Crippen molar-refractivity contribution in [3.8, 4) is 5.75 Å². The van der Waals surface area contributed by atoms with Crippen molar-refractivity contribution in [2.45, 2.75) is 6.61 Å². The molecule has 0 fully saturated rings. The minimum atomic E-state index is -2.87. The normalized spacial score (nSPS) is 10.9. The molecule has 1 heterocycles. The Morgan fingerprint density at radius 3 is 2.35 bits per heavy atom. The minimum Gasteiger partial charge on any atom is -0.435 e. The molecule has 2 rings (SSSR count). The molecule has 102 valence electrons. The zero-order valence-corrected chi connectivity index (χ0v) is 10.4. The molecule has 0 unspecified atom stereocenters. The molecule has 0 aliphatic heterocycles. The van der Waals surface area contributed by atoms with Gasteiger partial charge in [0.25, 0.3) is 0 Å². The van der Waals surface area contributed by atoms with Gasteiger partial charge in [-0.3, -0.25) is 9.78 Å². The SMILES string of the molecule is O=C(/C=C/c1ccncc1)c1ccc(OC(F)F)cc1. The summed E-state index contributed by atoms with van der Waals surface area (Å²) in [5.74, 6) is -0.194. The summed E-state index contributed by atoms with van der Waals surface area (Å²) in [6, 6.07) is 9.08. The Morgan fingerprint density at radius 1 is 1.10 bits per heavy atom. The number of ether oxygens (including phenoxy) is 1. The molecule has 0 saturated carbocycles. The standard InChI is InChI=1S/C15H11F2NO2/c16-15(17)20-13-4-2-12(3-5-13)14(19)6-1-11-7-9-18-10-8-11/h1-10,15H/b6-1+. The number of ketones is 1. The monoisotopic (exact) mass is 275 g/mol. The van der Waals surface area contributed by atoms with E-state index >= 15 is 0 Å². The maximum absolute atomic E-state index is 12.0. The number of halogens is 2. The van der Waals surface area contributed by atoms with Crippen molar-refractivity contribution in [3.05, 3.63) is 66.0 Å². The van der Waals surface area contributed by atoms with Gasteiger partial charge in [-0.15, -0.1) is 0 Å². The topological polar surface area (TPSA) is 39.2 Å². The Labute approximate surface area is 114 Å². The molecule has 0 aliphatic carbocycles. The zero-order chi connectivity index (χ0) is 14.4. The fraction of sp³-hybridized carbons (Fsp3) is 0.0667. The second kappa shape index (κ2) is 6.56. The lowest BCUT2D eigenvalue weighted by Crippen LogP contribution is -2.02. The number of hydrogen-bond donors (Lipinski definition) is 0. The summed E-state index contributed by atoms with van der Waals surface area (Å²) in [4.78, 5) is 15.7. The predicted molar refractivity (Wildman–Crippen MR) is 70.7 cm³/mol. The fourth-order valence-corrected chi connectivity index (χ4v) is 1.54. The van der Waals surface area contributed by atoms with Gasteiger partial charge < -0.3 is 4.74 Å². The van der Waals surface area contributed by atoms with E-state index in [9.17, 15) is 13.6 Å². The van der Waals surface area contributed by atoms with Crippen LogP contribution in [0.1, 0.15) is 15.9 Å². The van der Waals surface area contributed by atoms with Gasteiger partial charge in [-0.25, -0.2) is 0 Å². The third-order valence-corrected chi connectivity index (χ3v) is 2.50. The molecule has 0 amide bonds. The van der Waals surface area contributed by atoms with Gasteiger partial charge in [0.1, 0.15) is 5.75 Å². The number of alkyl halides is 2. The highest BCUT2D eigenvalue weighted by Crippen LogP contribution is 2.15. The van der Waals surface area contributed by atoms with Gasteiger partial charge >= 0.3 is 6.61 Å². The quantitative estimate of drug-likeness (QED) is 0.618. The first-order chi connectivity index (χ1) is 9.65. The van der Waals surface area contributed by atoms with E-state index < -0.39 is 6.61 Å². The number of allylic oxidation sites excluding steroid dienone is 1. The first-order valence-electron chi connectivity index (χ1n) is 5.82. The Kier molecular flexibility index (Phi) is 4.55. The van der Waals surface area contributed by atoms with Crippen LogP contribution in [-0.2, 0) is 0 Å². The summed E-state index contributed by atoms with van der Waals surface area (Å²) < 4.78 is 28.2. The van der Waals surface area contributed by atoms with Crippen molar-refractivity contribution in [1.29, 1.82) is 0 Å². The van der Waals surface area contributed by atoms with E-state index in [-0.39, 0.29) is 11.5 Å². The molecule has 2 aromatic rings. The number of nitrogens with zero attached hydrogens (tertiary/aromatic N) is 1. The molecule has 1 aromatic carbocycles. The number of rotatable bonds is 5. The Balaban J connectivity index is 2.04. The number of carbonyl (C=O) groups is 1. The number of benzene rings is 1. The van der Waals surface area contributed by atoms with Crippen LogP contribution >= 0.6 is 0 Å². The van der Waals surface area contributed by atoms with Crippen LogP contribution in [0.4, 0.5) is 8.78 Å². The fourth-order valence-electron chi connectivity index (χ4n) is 1.54. The van der Waals surface area contributed by atoms with Gasteiger partial charge in [-0.2, -0.15) is 8.78 Å². The third-order valence-electron chi connectivity index (χ3n) is 2.50. The van der Waals surface area contributed by atoms with Crippen LogP contribution in [0.3, 0.4) is 0 Å². The maximum Gasteiger partial charge on any atom is 0.387 e. The molecular weight excluding hydrogens is 264 g/mol. The van der Waals surface area contributed by atoms with E-state index in [0.29, 0.717) is 5.56 Å². The maximum atomic E-state index is 12.0. The van der Waals surface area contributed by atoms with Gasteiger partial charge in [-0.05, 0) is 48.0 Å². The average molecular weight is 275 g/mol. The highest BCUT2D eigenvalue weighted by molar-refractivity contribution is 6.06. The molecule has 3 nitrogen and oxygen atoms in total. The first kappa shape index (κ1) is 13.9. The summed E-state index contributed by atoms with van der Waals surface area (Å²) in [6.07, 6.45) is 6.33. The molecule has 0 saturated heterocycles. The van der Waals surface area contributed by atoms with E-state index in [1.807, 2.05) is 0 Å². The van der Waals surface area contributed by atoms with Gasteiger partial charge in [-0.1, -0.05) is 6.08 Å². The minimum absolute atomic E-state index is 0.0228. The van der Waals surface area contributed by atoms with Crippen molar-refractivity contribution < 1.29 is 18.3 Å². The van der Waals surface area contributed by atoms with Crippen molar-refractivity contribution in [2.75, 3.05) is 0 Å². The summed E-state index contributed by atoms with van der Waals surface area (Å²) in [7, 11) is 0. The number of carbonyl (C=O) groups excluding carboxylic acids is 1. The lowest BCUT2D eigenvalue weighted by molar-refractivity contribution is -0.0498. The molecule has 5 heteroatoms. The van der Waals surface area contributed by atoms with Crippen molar-refractivity contribution >= 4 is 11.9 Å². The number of aromatic nitrogens is 1. The van der Waals surface area contributed by atoms with E-state index in [4.69, 9.17) is 0 Å². The summed E-state index contributed by atoms with van der Waals surface area (Å²) in [5, 5.41) is 0. The van der Waals surface area contributed by atoms with Crippen LogP contribution in [0.25, 0.3) is 6.08 Å². The number of pyridine rings is 1. The van der Waals surface area contributed by atoms with E-state index in [1.165, 1.54) is 30.3 Å². The molecular formula is C15H11F2NO2. The lowest BCUT2D eigenvalue weighted by atomic mass is 10.1. The van der Waals surface area contributed by atoms with Crippen molar-refractivity contribution in [2.24, 2.45) is 0 Å². The first-order valence-corrected chi connectivity index (χ1v) is 5.82. The van der Waals surface area contributed by atoms with Crippen LogP contribution in [-0.4, -0.2) is 17.4 Å². The summed E-state index contributed by atoms with van der Waals surface area (Å²) in [5.41, 5.74) is 1.25. The van der Waals surface area contributed by atoms with Crippen LogP contribution in [0.2, 0.25) is 0 Å². The smallest absolute Gasteiger partial charge is 0.387 e. The van der Waals surface area contributed by atoms with Crippen LogP contribution in [0, 0.1) is 0 Å². The van der Waals surface area contributed by atoms with Crippen LogP contribution < -0.4 is 4.74 Å². The van der Waals surface area contributed by atoms with Crippen LogP contribution in [0.5, 0.6) is 5.75 Å². The third kappa shape index (κ3) is 3.98. The summed E-state index contributed by atoms with van der Waals surface area (Å²) >= 11 is 0. The molecule has 0 radical (unpaired) electrons. The molecule has 20 heavy (non-hydrogen) atoms. The zero-order valence-electron chi connectivity index (χ0n) is 10.4. The van der Waals surface area contributed by atoms with E-state index in [2.05, 4.69) is 9.72 Å². The Hall–Kier alpha value is -2.56. The van der Waals surface area contributed by atoms with Gasteiger partial charge in [0.2, 0.25) is 0 Å². The molecule has 0 N–H and O–H groups in total. The van der Waals surface area contributed by atoms with E-state index in [1.54, 1.807) is 30.6 Å². The summed E-state index contributed by atoms with van der Waals surface area (Å²) in [6.45, 7) is -2.87. The molecule has 0 spiro atoms. The number of hydrogen-bond acceptors (Lipinski definition) is 3.